The third kappa shape index (κ3) is 3.61. The Hall–Kier alpha value is -2.37. The molecule has 0 aliphatic heterocycles. The monoisotopic (exact) mass is 414 g/mol. The first-order valence-electron chi connectivity index (χ1n) is 10.8. The minimum atomic E-state index is -0.336. The van der Waals surface area contributed by atoms with Gasteiger partial charge in [-0.1, -0.05) is 13.0 Å². The molecule has 0 saturated heterocycles. The molecule has 0 N–H and O–H groups in total. The number of carbonyl (C=O) groups is 3. The smallest absolute Gasteiger partial charge is 0.308 e. The van der Waals surface area contributed by atoms with Gasteiger partial charge in [-0.2, -0.15) is 0 Å². The van der Waals surface area contributed by atoms with Crippen molar-refractivity contribution in [3.8, 4) is 5.75 Å². The maximum absolute atomic E-state index is 12.0. The first kappa shape index (κ1) is 20.9. The molecule has 2 saturated carbocycles. The molecule has 4 rings (SSSR count). The topological polar surface area (TPSA) is 78.9 Å². The summed E-state index contributed by atoms with van der Waals surface area (Å²) >= 11 is 0. The molecular weight excluding hydrogens is 384 g/mol. The van der Waals surface area contributed by atoms with Crippen molar-refractivity contribution in [1.29, 1.82) is 0 Å². The van der Waals surface area contributed by atoms with E-state index in [1.807, 2.05) is 18.2 Å². The van der Waals surface area contributed by atoms with Crippen LogP contribution in [0.5, 0.6) is 5.75 Å². The predicted molar refractivity (Wildman–Crippen MR) is 109 cm³/mol. The molecule has 0 amide bonds. The van der Waals surface area contributed by atoms with E-state index in [-0.39, 0.29) is 41.4 Å². The van der Waals surface area contributed by atoms with E-state index >= 15 is 0 Å². The van der Waals surface area contributed by atoms with Gasteiger partial charge in [-0.15, -0.1) is 0 Å². The van der Waals surface area contributed by atoms with Crippen LogP contribution in [0.25, 0.3) is 0 Å². The molecule has 2 fully saturated rings. The SMILES string of the molecule is CC(=O)Oc1ccc2c(c1)CC[C@@H]1[C@@H]2[C@@H](OC(C)=O)C[C@]2(C)[C@@H](OC(C)=O)CC[C@@H]12. The largest absolute Gasteiger partial charge is 0.462 e. The highest BCUT2D eigenvalue weighted by molar-refractivity contribution is 5.69. The van der Waals surface area contributed by atoms with Gasteiger partial charge in [-0.05, 0) is 67.2 Å². The van der Waals surface area contributed by atoms with Crippen LogP contribution in [0.4, 0.5) is 0 Å². The van der Waals surface area contributed by atoms with Crippen LogP contribution in [0.2, 0.25) is 0 Å². The van der Waals surface area contributed by atoms with Crippen LogP contribution in [0.3, 0.4) is 0 Å². The lowest BCUT2D eigenvalue weighted by Gasteiger charge is -2.53. The van der Waals surface area contributed by atoms with Gasteiger partial charge in [-0.25, -0.2) is 0 Å². The molecule has 6 atom stereocenters. The fourth-order valence-electron chi connectivity index (χ4n) is 6.51. The fraction of sp³-hybridized carbons (Fsp3) is 0.625. The third-order valence-corrected chi connectivity index (χ3v) is 7.45. The van der Waals surface area contributed by atoms with Crippen LogP contribution >= 0.6 is 0 Å². The first-order chi connectivity index (χ1) is 14.2. The number of hydrogen-bond acceptors (Lipinski definition) is 6. The van der Waals surface area contributed by atoms with Crippen LogP contribution in [0.15, 0.2) is 18.2 Å². The number of aryl methyl sites for hydroxylation is 1. The van der Waals surface area contributed by atoms with E-state index in [0.29, 0.717) is 24.0 Å². The Morgan fingerprint density at radius 3 is 2.37 bits per heavy atom. The quantitative estimate of drug-likeness (QED) is 0.551. The molecule has 162 valence electrons. The van der Waals surface area contributed by atoms with E-state index in [0.717, 1.165) is 31.2 Å². The number of esters is 3. The molecule has 0 radical (unpaired) electrons. The molecule has 3 aliphatic rings. The van der Waals surface area contributed by atoms with Crippen LogP contribution < -0.4 is 4.74 Å². The summed E-state index contributed by atoms with van der Waals surface area (Å²) in [6.45, 7) is 6.51. The summed E-state index contributed by atoms with van der Waals surface area (Å²) in [6.07, 6.45) is 4.03. The van der Waals surface area contributed by atoms with Crippen LogP contribution in [-0.4, -0.2) is 30.1 Å². The van der Waals surface area contributed by atoms with Gasteiger partial charge < -0.3 is 14.2 Å². The van der Waals surface area contributed by atoms with E-state index in [1.165, 1.54) is 26.3 Å². The Labute approximate surface area is 177 Å². The van der Waals surface area contributed by atoms with Gasteiger partial charge >= 0.3 is 17.9 Å². The van der Waals surface area contributed by atoms with Gasteiger partial charge in [0.15, 0.2) is 0 Å². The summed E-state index contributed by atoms with van der Waals surface area (Å²) in [4.78, 5) is 35.0. The minimum absolute atomic E-state index is 0.109. The van der Waals surface area contributed by atoms with E-state index in [1.54, 1.807) is 0 Å². The van der Waals surface area contributed by atoms with E-state index < -0.39 is 0 Å². The summed E-state index contributed by atoms with van der Waals surface area (Å²) in [5, 5.41) is 0. The second-order valence-electron chi connectivity index (χ2n) is 9.32. The molecule has 30 heavy (non-hydrogen) atoms. The van der Waals surface area contributed by atoms with Gasteiger partial charge in [0.1, 0.15) is 18.0 Å². The first-order valence-corrected chi connectivity index (χ1v) is 10.8. The molecule has 6 nitrogen and oxygen atoms in total. The Morgan fingerprint density at radius 1 is 0.967 bits per heavy atom. The third-order valence-electron chi connectivity index (χ3n) is 7.45. The zero-order valence-corrected chi connectivity index (χ0v) is 18.1. The second-order valence-corrected chi connectivity index (χ2v) is 9.32. The number of benzene rings is 1. The van der Waals surface area contributed by atoms with Gasteiger partial charge in [0.05, 0.1) is 0 Å². The molecule has 3 aliphatic carbocycles. The molecule has 0 bridgehead atoms. The summed E-state index contributed by atoms with van der Waals surface area (Å²) in [5.74, 6) is 0.572. The van der Waals surface area contributed by atoms with Gasteiger partial charge in [0, 0.05) is 32.1 Å². The van der Waals surface area contributed by atoms with Gasteiger partial charge in [-0.3, -0.25) is 14.4 Å². The summed E-state index contributed by atoms with van der Waals surface area (Å²) in [6, 6.07) is 5.81. The van der Waals surface area contributed by atoms with E-state index in [4.69, 9.17) is 14.2 Å². The Bertz CT molecular complexity index is 876. The zero-order valence-electron chi connectivity index (χ0n) is 18.1. The van der Waals surface area contributed by atoms with Gasteiger partial charge in [0.2, 0.25) is 0 Å². The lowest BCUT2D eigenvalue weighted by molar-refractivity contribution is -0.168. The Balaban J connectivity index is 1.70. The molecule has 1 aromatic rings. The Kier molecular flexibility index (Phi) is 5.37. The second kappa shape index (κ2) is 7.71. The maximum Gasteiger partial charge on any atom is 0.308 e. The predicted octanol–water partition coefficient (Wildman–Crippen LogP) is 3.94. The van der Waals surface area contributed by atoms with Gasteiger partial charge in [0.25, 0.3) is 0 Å². The summed E-state index contributed by atoms with van der Waals surface area (Å²) in [5.41, 5.74) is 2.15. The lowest BCUT2D eigenvalue weighted by atomic mass is 9.54. The molecular formula is C24H30O6. The lowest BCUT2D eigenvalue weighted by Crippen LogP contribution is -2.51. The number of rotatable bonds is 3. The molecule has 6 heteroatoms. The van der Waals surface area contributed by atoms with Crippen molar-refractivity contribution >= 4 is 17.9 Å². The van der Waals surface area contributed by atoms with E-state index in [9.17, 15) is 14.4 Å². The number of carbonyl (C=O) groups excluding carboxylic acids is 3. The maximum atomic E-state index is 12.0. The fourth-order valence-corrected chi connectivity index (χ4v) is 6.51. The van der Waals surface area contributed by atoms with Crippen LogP contribution in [-0.2, 0) is 30.3 Å². The summed E-state index contributed by atoms with van der Waals surface area (Å²) in [7, 11) is 0. The van der Waals surface area contributed by atoms with Crippen molar-refractivity contribution in [2.24, 2.45) is 17.3 Å². The van der Waals surface area contributed by atoms with Crippen LogP contribution in [0, 0.1) is 17.3 Å². The average molecular weight is 414 g/mol. The molecule has 0 spiro atoms. The minimum Gasteiger partial charge on any atom is -0.462 e. The molecule has 0 heterocycles. The standard InChI is InChI=1S/C24H30O6/c1-13(25)28-17-6-8-18-16(11-17)5-7-19-20-9-10-22(30-15(3)27)24(20,4)12-21(23(18)19)29-14(2)26/h6,8,11,19-23H,5,7,9-10,12H2,1-4H3/t19-,20-,21-,22-,23+,24-/m0/s1. The highest BCUT2D eigenvalue weighted by Gasteiger charge is 2.60. The number of hydrogen-bond donors (Lipinski definition) is 0. The highest BCUT2D eigenvalue weighted by Crippen LogP contribution is 2.62. The van der Waals surface area contributed by atoms with Crippen molar-refractivity contribution in [3.63, 3.8) is 0 Å². The van der Waals surface area contributed by atoms with Crippen molar-refractivity contribution in [2.45, 2.75) is 77.9 Å². The normalized spacial score (nSPS) is 34.2. The van der Waals surface area contributed by atoms with Crippen molar-refractivity contribution in [3.05, 3.63) is 29.3 Å². The highest BCUT2D eigenvalue weighted by atomic mass is 16.6. The summed E-state index contributed by atoms with van der Waals surface area (Å²) < 4.78 is 16.9. The van der Waals surface area contributed by atoms with Crippen molar-refractivity contribution < 1.29 is 28.6 Å². The van der Waals surface area contributed by atoms with Crippen molar-refractivity contribution in [1.82, 2.24) is 0 Å². The molecule has 1 aromatic carbocycles. The molecule has 0 aromatic heterocycles. The number of fused-ring (bicyclic) bond motifs is 5. The Morgan fingerprint density at radius 2 is 1.70 bits per heavy atom. The van der Waals surface area contributed by atoms with E-state index in [2.05, 4.69) is 6.92 Å². The molecule has 0 unspecified atom stereocenters. The zero-order chi connectivity index (χ0) is 21.6. The van der Waals surface area contributed by atoms with Crippen molar-refractivity contribution in [2.75, 3.05) is 0 Å². The van der Waals surface area contributed by atoms with Crippen LogP contribution in [0.1, 0.15) is 70.4 Å². The number of ether oxygens (including phenoxy) is 3. The average Bonchev–Trinajstić information content (AvgIpc) is 2.95.